The quantitative estimate of drug-likeness (QED) is 0.744. The second kappa shape index (κ2) is 9.26. The number of rotatable bonds is 6. The minimum absolute atomic E-state index is 0.163. The minimum Gasteiger partial charge on any atom is -0.480 e. The Bertz CT molecular complexity index is 760. The average Bonchev–Trinajstić information content (AvgIpc) is 3.22. The van der Waals surface area contributed by atoms with Crippen molar-refractivity contribution >= 4 is 23.5 Å². The third-order valence-electron chi connectivity index (χ3n) is 5.52. The second-order valence-corrected chi connectivity index (χ2v) is 7.87. The smallest absolute Gasteiger partial charge is 0.326 e. The Morgan fingerprint density at radius 1 is 1.17 bits per heavy atom. The lowest BCUT2D eigenvalue weighted by molar-refractivity contribution is -0.149. The van der Waals surface area contributed by atoms with E-state index in [1.807, 2.05) is 32.0 Å². The van der Waals surface area contributed by atoms with Gasteiger partial charge in [-0.2, -0.15) is 0 Å². The SMILES string of the molecule is CC(C)[C@H](NC(=O)c1cccc(N2CCOCC2)c1)C(=O)N1CCC[C@H]1C(=O)O. The number of carbonyl (C=O) groups is 3. The molecule has 0 saturated carbocycles. The van der Waals surface area contributed by atoms with Gasteiger partial charge in [0.15, 0.2) is 0 Å². The van der Waals surface area contributed by atoms with E-state index in [-0.39, 0.29) is 17.7 Å². The lowest BCUT2D eigenvalue weighted by atomic mass is 10.0. The van der Waals surface area contributed by atoms with Gasteiger partial charge in [-0.15, -0.1) is 0 Å². The molecule has 2 saturated heterocycles. The van der Waals surface area contributed by atoms with E-state index in [4.69, 9.17) is 4.74 Å². The van der Waals surface area contributed by atoms with E-state index in [0.29, 0.717) is 38.2 Å². The Kier molecular flexibility index (Phi) is 6.74. The molecule has 0 radical (unpaired) electrons. The Hall–Kier alpha value is -2.61. The highest BCUT2D eigenvalue weighted by Gasteiger charge is 2.38. The fourth-order valence-electron chi connectivity index (χ4n) is 3.87. The van der Waals surface area contributed by atoms with Crippen LogP contribution in [-0.4, -0.2) is 72.7 Å². The van der Waals surface area contributed by atoms with Crippen LogP contribution in [0.4, 0.5) is 5.69 Å². The summed E-state index contributed by atoms with van der Waals surface area (Å²) in [6.07, 6.45) is 1.10. The number of nitrogens with one attached hydrogen (secondary N) is 1. The van der Waals surface area contributed by atoms with E-state index in [1.165, 1.54) is 4.90 Å². The number of carboxylic acids is 1. The molecule has 1 aromatic carbocycles. The van der Waals surface area contributed by atoms with Crippen LogP contribution in [0.15, 0.2) is 24.3 Å². The lowest BCUT2D eigenvalue weighted by Gasteiger charge is -2.30. The lowest BCUT2D eigenvalue weighted by Crippen LogP contribution is -2.53. The summed E-state index contributed by atoms with van der Waals surface area (Å²) in [5.41, 5.74) is 1.42. The minimum atomic E-state index is -0.997. The molecule has 2 heterocycles. The summed E-state index contributed by atoms with van der Waals surface area (Å²) in [6.45, 7) is 6.94. The van der Waals surface area contributed by atoms with E-state index < -0.39 is 18.1 Å². The van der Waals surface area contributed by atoms with Gasteiger partial charge in [0.05, 0.1) is 13.2 Å². The zero-order valence-corrected chi connectivity index (χ0v) is 17.0. The van der Waals surface area contributed by atoms with Gasteiger partial charge >= 0.3 is 5.97 Å². The molecule has 2 aliphatic rings. The zero-order valence-electron chi connectivity index (χ0n) is 17.0. The standard InChI is InChI=1S/C21H29N3O5/c1-14(2)18(20(26)24-8-4-7-17(24)21(27)28)22-19(25)15-5-3-6-16(13-15)23-9-11-29-12-10-23/h3,5-6,13-14,17-18H,4,7-12H2,1-2H3,(H,22,25)(H,27,28)/t17-,18-/m0/s1. The van der Waals surface area contributed by atoms with Gasteiger partial charge in [-0.05, 0) is 37.0 Å². The summed E-state index contributed by atoms with van der Waals surface area (Å²) in [7, 11) is 0. The number of ether oxygens (including phenoxy) is 1. The van der Waals surface area contributed by atoms with Crippen LogP contribution in [0.2, 0.25) is 0 Å². The van der Waals surface area contributed by atoms with Crippen molar-refractivity contribution in [3.63, 3.8) is 0 Å². The molecule has 3 rings (SSSR count). The van der Waals surface area contributed by atoms with Gasteiger partial charge in [0.2, 0.25) is 5.91 Å². The molecule has 0 bridgehead atoms. The predicted molar refractivity (Wildman–Crippen MR) is 108 cm³/mol. The first-order valence-corrected chi connectivity index (χ1v) is 10.2. The molecule has 0 spiro atoms. The number of benzene rings is 1. The number of hydrogen-bond donors (Lipinski definition) is 2. The molecule has 2 fully saturated rings. The number of morpholine rings is 1. The summed E-state index contributed by atoms with van der Waals surface area (Å²) < 4.78 is 5.37. The number of amides is 2. The Balaban J connectivity index is 1.73. The van der Waals surface area contributed by atoms with Crippen molar-refractivity contribution in [2.24, 2.45) is 5.92 Å². The summed E-state index contributed by atoms with van der Waals surface area (Å²) >= 11 is 0. The number of aliphatic carboxylic acids is 1. The third-order valence-corrected chi connectivity index (χ3v) is 5.52. The molecule has 8 heteroatoms. The summed E-state index contributed by atoms with van der Waals surface area (Å²) in [6, 6.07) is 5.73. The van der Waals surface area contributed by atoms with Crippen molar-refractivity contribution in [3.8, 4) is 0 Å². The van der Waals surface area contributed by atoms with Crippen LogP contribution in [0.25, 0.3) is 0 Å². The highest BCUT2D eigenvalue weighted by molar-refractivity contribution is 5.99. The molecular weight excluding hydrogens is 374 g/mol. The molecule has 8 nitrogen and oxygen atoms in total. The van der Waals surface area contributed by atoms with Gasteiger partial charge in [0.1, 0.15) is 12.1 Å². The highest BCUT2D eigenvalue weighted by Crippen LogP contribution is 2.21. The first-order chi connectivity index (χ1) is 13.9. The molecule has 2 aliphatic heterocycles. The van der Waals surface area contributed by atoms with Crippen LogP contribution < -0.4 is 10.2 Å². The van der Waals surface area contributed by atoms with Gasteiger partial charge < -0.3 is 25.0 Å². The Labute approximate surface area is 170 Å². The fraction of sp³-hybridized carbons (Fsp3) is 0.571. The molecular formula is C21H29N3O5. The maximum Gasteiger partial charge on any atom is 0.326 e. The molecule has 1 aromatic rings. The van der Waals surface area contributed by atoms with E-state index in [9.17, 15) is 19.5 Å². The monoisotopic (exact) mass is 403 g/mol. The molecule has 29 heavy (non-hydrogen) atoms. The first kappa shape index (κ1) is 21.1. The highest BCUT2D eigenvalue weighted by atomic mass is 16.5. The van der Waals surface area contributed by atoms with E-state index in [2.05, 4.69) is 10.2 Å². The van der Waals surface area contributed by atoms with E-state index >= 15 is 0 Å². The van der Waals surface area contributed by atoms with E-state index in [0.717, 1.165) is 18.8 Å². The van der Waals surface area contributed by atoms with Crippen molar-refractivity contribution in [1.29, 1.82) is 0 Å². The predicted octanol–water partition coefficient (Wildman–Crippen LogP) is 1.35. The van der Waals surface area contributed by atoms with Crippen LogP contribution in [0, 0.1) is 5.92 Å². The second-order valence-electron chi connectivity index (χ2n) is 7.87. The average molecular weight is 403 g/mol. The molecule has 0 unspecified atom stereocenters. The number of hydrogen-bond acceptors (Lipinski definition) is 5. The maximum atomic E-state index is 13.0. The summed E-state index contributed by atoms with van der Waals surface area (Å²) in [4.78, 5) is 40.9. The molecule has 2 amide bonds. The van der Waals surface area contributed by atoms with Gasteiger partial charge in [0, 0.05) is 30.9 Å². The van der Waals surface area contributed by atoms with Crippen LogP contribution in [0.3, 0.4) is 0 Å². The van der Waals surface area contributed by atoms with Crippen molar-refractivity contribution in [1.82, 2.24) is 10.2 Å². The number of likely N-dealkylation sites (tertiary alicyclic amines) is 1. The number of carbonyl (C=O) groups excluding carboxylic acids is 2. The van der Waals surface area contributed by atoms with Crippen LogP contribution in [-0.2, 0) is 14.3 Å². The number of nitrogens with zero attached hydrogens (tertiary/aromatic N) is 2. The van der Waals surface area contributed by atoms with Crippen molar-refractivity contribution in [2.45, 2.75) is 38.8 Å². The van der Waals surface area contributed by atoms with Gasteiger partial charge in [-0.1, -0.05) is 19.9 Å². The first-order valence-electron chi connectivity index (χ1n) is 10.2. The van der Waals surface area contributed by atoms with Gasteiger partial charge in [0.25, 0.3) is 5.91 Å². The summed E-state index contributed by atoms with van der Waals surface area (Å²) in [5, 5.41) is 12.2. The topological polar surface area (TPSA) is 99.2 Å². The van der Waals surface area contributed by atoms with Gasteiger partial charge in [-0.3, -0.25) is 9.59 Å². The van der Waals surface area contributed by atoms with Crippen molar-refractivity contribution in [2.75, 3.05) is 37.7 Å². The normalized spacial score (nSPS) is 20.6. The largest absolute Gasteiger partial charge is 0.480 e. The zero-order chi connectivity index (χ0) is 21.0. The number of carboxylic acid groups (broad SMARTS) is 1. The third kappa shape index (κ3) is 4.87. The molecule has 158 valence electrons. The molecule has 0 aliphatic carbocycles. The molecule has 0 aromatic heterocycles. The Morgan fingerprint density at radius 2 is 1.90 bits per heavy atom. The van der Waals surface area contributed by atoms with Crippen LogP contribution >= 0.6 is 0 Å². The summed E-state index contributed by atoms with van der Waals surface area (Å²) in [5.74, 6) is -1.83. The van der Waals surface area contributed by atoms with Crippen LogP contribution in [0.5, 0.6) is 0 Å². The van der Waals surface area contributed by atoms with Crippen molar-refractivity contribution in [3.05, 3.63) is 29.8 Å². The van der Waals surface area contributed by atoms with E-state index in [1.54, 1.807) is 6.07 Å². The Morgan fingerprint density at radius 3 is 2.55 bits per heavy atom. The maximum absolute atomic E-state index is 13.0. The van der Waals surface area contributed by atoms with Crippen LogP contribution in [0.1, 0.15) is 37.0 Å². The number of anilines is 1. The fourth-order valence-corrected chi connectivity index (χ4v) is 3.87. The molecule has 2 atom stereocenters. The van der Waals surface area contributed by atoms with Crippen molar-refractivity contribution < 1.29 is 24.2 Å². The van der Waals surface area contributed by atoms with Gasteiger partial charge in [-0.25, -0.2) is 4.79 Å². The molecule has 2 N–H and O–H groups in total.